The highest BCUT2D eigenvalue weighted by Crippen LogP contribution is 2.29. The lowest BCUT2D eigenvalue weighted by atomic mass is 10.2. The lowest BCUT2D eigenvalue weighted by Gasteiger charge is -2.09. The quantitative estimate of drug-likeness (QED) is 0.356. The Bertz CT molecular complexity index is 1280. The second-order valence-electron chi connectivity index (χ2n) is 6.71. The lowest BCUT2D eigenvalue weighted by molar-refractivity contribution is 0.598. The van der Waals surface area contributed by atoms with E-state index in [0.29, 0.717) is 11.3 Å². The van der Waals surface area contributed by atoms with Crippen LogP contribution in [0.25, 0.3) is 21.9 Å². The fourth-order valence-corrected chi connectivity index (χ4v) is 4.71. The Morgan fingerprint density at radius 3 is 2.72 bits per heavy atom. The molecule has 29 heavy (non-hydrogen) atoms. The van der Waals surface area contributed by atoms with Crippen molar-refractivity contribution in [2.24, 2.45) is 5.14 Å². The summed E-state index contributed by atoms with van der Waals surface area (Å²) in [5.41, 5.74) is 2.45. The third-order valence-electron chi connectivity index (χ3n) is 4.71. The summed E-state index contributed by atoms with van der Waals surface area (Å²) in [6.07, 6.45) is 3.64. The molecule has 0 saturated heterocycles. The normalized spacial score (nSPS) is 12.1. The number of unbranched alkanes of at least 4 members (excludes halogenated alkanes) is 1. The van der Waals surface area contributed by atoms with Gasteiger partial charge in [0.15, 0.2) is 0 Å². The first-order valence-electron chi connectivity index (χ1n) is 9.32. The number of aromatic nitrogens is 4. The van der Waals surface area contributed by atoms with Gasteiger partial charge in [-0.25, -0.2) is 28.5 Å². The van der Waals surface area contributed by atoms with Crippen molar-refractivity contribution in [2.75, 3.05) is 0 Å². The Balaban J connectivity index is 1.71. The molecule has 2 aromatic carbocycles. The minimum atomic E-state index is -3.77. The predicted octanol–water partition coefficient (Wildman–Crippen LogP) is 3.72. The van der Waals surface area contributed by atoms with Gasteiger partial charge in [-0.1, -0.05) is 43.3 Å². The first-order chi connectivity index (χ1) is 14.0. The molecule has 0 spiro atoms. The van der Waals surface area contributed by atoms with Crippen molar-refractivity contribution >= 4 is 43.7 Å². The Morgan fingerprint density at radius 1 is 1.10 bits per heavy atom. The van der Waals surface area contributed by atoms with Crippen molar-refractivity contribution in [1.82, 2.24) is 19.5 Å². The standard InChI is InChI=1S/C20H21N5O2S2/c1-2-3-10-25-18-9-8-14(29(21,26)27)11-17(18)24-19(25)12-28-20-15-6-4-5-7-16(15)22-13-23-20/h4-9,11,13H,2-3,10,12H2,1H3,(H2,21,26,27). The highest BCUT2D eigenvalue weighted by atomic mass is 32.2. The fraction of sp³-hybridized carbons (Fsp3) is 0.250. The molecule has 0 radical (unpaired) electrons. The van der Waals surface area contributed by atoms with E-state index in [1.54, 1.807) is 30.2 Å². The summed E-state index contributed by atoms with van der Waals surface area (Å²) >= 11 is 1.60. The molecule has 4 aromatic rings. The number of thioether (sulfide) groups is 1. The zero-order valence-corrected chi connectivity index (χ0v) is 17.6. The Kier molecular flexibility index (Phi) is 5.53. The minimum Gasteiger partial charge on any atom is -0.327 e. The van der Waals surface area contributed by atoms with Gasteiger partial charge >= 0.3 is 0 Å². The van der Waals surface area contributed by atoms with E-state index >= 15 is 0 Å². The number of primary sulfonamides is 1. The van der Waals surface area contributed by atoms with Crippen LogP contribution in [0.5, 0.6) is 0 Å². The molecule has 0 unspecified atom stereocenters. The van der Waals surface area contributed by atoms with Crippen molar-refractivity contribution in [3.8, 4) is 0 Å². The average molecular weight is 428 g/mol. The summed E-state index contributed by atoms with van der Waals surface area (Å²) in [6.45, 7) is 2.96. The molecular weight excluding hydrogens is 406 g/mol. The number of rotatable bonds is 7. The topological polar surface area (TPSA) is 104 Å². The molecule has 2 aromatic heterocycles. The number of para-hydroxylation sites is 1. The molecule has 2 heterocycles. The maximum absolute atomic E-state index is 11.7. The zero-order valence-electron chi connectivity index (χ0n) is 15.9. The van der Waals surface area contributed by atoms with Gasteiger partial charge in [-0.3, -0.25) is 0 Å². The molecule has 0 bridgehead atoms. The maximum atomic E-state index is 11.7. The third kappa shape index (κ3) is 4.12. The van der Waals surface area contributed by atoms with Gasteiger partial charge < -0.3 is 4.57 Å². The van der Waals surface area contributed by atoms with Gasteiger partial charge in [0, 0.05) is 11.9 Å². The summed E-state index contributed by atoms with van der Waals surface area (Å²) in [5, 5.41) is 7.18. The van der Waals surface area contributed by atoms with Crippen LogP contribution in [0, 0.1) is 0 Å². The Hall–Kier alpha value is -2.49. The smallest absolute Gasteiger partial charge is 0.238 e. The number of aryl methyl sites for hydroxylation is 1. The number of fused-ring (bicyclic) bond motifs is 2. The second kappa shape index (κ2) is 8.10. The SMILES string of the molecule is CCCCn1c(CSc2ncnc3ccccc23)nc2cc(S(N)(=O)=O)ccc21. The van der Waals surface area contributed by atoms with E-state index in [9.17, 15) is 8.42 Å². The highest BCUT2D eigenvalue weighted by molar-refractivity contribution is 7.98. The van der Waals surface area contributed by atoms with E-state index in [0.717, 1.165) is 46.7 Å². The maximum Gasteiger partial charge on any atom is 0.238 e. The fourth-order valence-electron chi connectivity index (χ4n) is 3.24. The Labute approximate surface area is 173 Å². The van der Waals surface area contributed by atoms with Gasteiger partial charge in [0.05, 0.1) is 27.2 Å². The average Bonchev–Trinajstić information content (AvgIpc) is 3.06. The van der Waals surface area contributed by atoms with Crippen LogP contribution in [-0.4, -0.2) is 27.9 Å². The number of hydrogen-bond donors (Lipinski definition) is 1. The monoisotopic (exact) mass is 427 g/mol. The molecule has 9 heteroatoms. The van der Waals surface area contributed by atoms with Crippen LogP contribution in [-0.2, 0) is 22.3 Å². The predicted molar refractivity (Wildman–Crippen MR) is 115 cm³/mol. The molecule has 0 fully saturated rings. The van der Waals surface area contributed by atoms with Gasteiger partial charge in [0.1, 0.15) is 17.2 Å². The van der Waals surface area contributed by atoms with E-state index in [2.05, 4.69) is 21.5 Å². The Morgan fingerprint density at radius 2 is 1.93 bits per heavy atom. The second-order valence-corrected chi connectivity index (χ2v) is 9.24. The molecule has 150 valence electrons. The zero-order chi connectivity index (χ0) is 20.4. The van der Waals surface area contributed by atoms with Crippen molar-refractivity contribution in [3.63, 3.8) is 0 Å². The summed E-state index contributed by atoms with van der Waals surface area (Å²) in [7, 11) is -3.77. The van der Waals surface area contributed by atoms with Gasteiger partial charge in [-0.15, -0.1) is 0 Å². The van der Waals surface area contributed by atoms with E-state index in [4.69, 9.17) is 10.1 Å². The highest BCUT2D eigenvalue weighted by Gasteiger charge is 2.15. The number of imidazole rings is 1. The largest absolute Gasteiger partial charge is 0.327 e. The number of nitrogens with zero attached hydrogens (tertiary/aromatic N) is 4. The minimum absolute atomic E-state index is 0.0751. The van der Waals surface area contributed by atoms with Gasteiger partial charge in [-0.05, 0) is 30.7 Å². The first-order valence-corrected chi connectivity index (χ1v) is 11.8. The summed E-state index contributed by atoms with van der Waals surface area (Å²) < 4.78 is 25.6. The number of nitrogens with two attached hydrogens (primary N) is 1. The van der Waals surface area contributed by atoms with E-state index in [-0.39, 0.29) is 4.90 Å². The molecule has 0 saturated carbocycles. The van der Waals surface area contributed by atoms with E-state index < -0.39 is 10.0 Å². The lowest BCUT2D eigenvalue weighted by Crippen LogP contribution is -2.11. The summed E-state index contributed by atoms with van der Waals surface area (Å²) in [6, 6.07) is 12.8. The van der Waals surface area contributed by atoms with E-state index in [1.165, 1.54) is 6.07 Å². The molecule has 0 amide bonds. The number of sulfonamides is 1. The molecule has 0 atom stereocenters. The number of benzene rings is 2. The van der Waals surface area contributed by atoms with Crippen molar-refractivity contribution < 1.29 is 8.42 Å². The van der Waals surface area contributed by atoms with Crippen LogP contribution in [0.2, 0.25) is 0 Å². The van der Waals surface area contributed by atoms with Gasteiger partial charge in [-0.2, -0.15) is 0 Å². The molecule has 0 aliphatic rings. The van der Waals surface area contributed by atoms with Crippen LogP contribution in [0.3, 0.4) is 0 Å². The van der Waals surface area contributed by atoms with E-state index in [1.807, 2.05) is 24.3 Å². The van der Waals surface area contributed by atoms with Gasteiger partial charge in [0.25, 0.3) is 0 Å². The van der Waals surface area contributed by atoms with Crippen molar-refractivity contribution in [3.05, 3.63) is 54.6 Å². The molecule has 0 aliphatic heterocycles. The third-order valence-corrected chi connectivity index (χ3v) is 6.62. The molecule has 4 rings (SSSR count). The molecule has 0 aliphatic carbocycles. The van der Waals surface area contributed by atoms with Crippen molar-refractivity contribution in [1.29, 1.82) is 0 Å². The van der Waals surface area contributed by atoms with Crippen LogP contribution < -0.4 is 5.14 Å². The van der Waals surface area contributed by atoms with Crippen molar-refractivity contribution in [2.45, 2.75) is 42.0 Å². The number of hydrogen-bond acceptors (Lipinski definition) is 6. The molecule has 7 nitrogen and oxygen atoms in total. The first kappa shape index (κ1) is 19.8. The molecular formula is C20H21N5O2S2. The molecule has 2 N–H and O–H groups in total. The van der Waals surface area contributed by atoms with Crippen LogP contribution in [0.1, 0.15) is 25.6 Å². The van der Waals surface area contributed by atoms with Gasteiger partial charge in [0.2, 0.25) is 10.0 Å². The van der Waals surface area contributed by atoms with Crippen LogP contribution in [0.15, 0.2) is 58.7 Å². The van der Waals surface area contributed by atoms with Crippen LogP contribution in [0.4, 0.5) is 0 Å². The summed E-state index contributed by atoms with van der Waals surface area (Å²) in [5.74, 6) is 1.50. The summed E-state index contributed by atoms with van der Waals surface area (Å²) in [4.78, 5) is 13.5. The van der Waals surface area contributed by atoms with Crippen LogP contribution >= 0.6 is 11.8 Å².